The number of carbonyl (C=O) groups is 1. The van der Waals surface area contributed by atoms with Crippen LogP contribution in [0.4, 0.5) is 0 Å². The van der Waals surface area contributed by atoms with Gasteiger partial charge in [0, 0.05) is 6.61 Å². The Bertz CT molecular complexity index is 264. The summed E-state index contributed by atoms with van der Waals surface area (Å²) in [5.74, 6) is 0.138. The van der Waals surface area contributed by atoms with Crippen molar-refractivity contribution in [1.29, 1.82) is 0 Å². The van der Waals surface area contributed by atoms with Crippen LogP contribution in [0.3, 0.4) is 0 Å². The normalized spacial score (nSPS) is 39.6. The van der Waals surface area contributed by atoms with E-state index in [4.69, 9.17) is 4.74 Å². The summed E-state index contributed by atoms with van der Waals surface area (Å²) in [6.45, 7) is 5.81. The molecule has 2 heterocycles. The van der Waals surface area contributed by atoms with E-state index in [1.54, 1.807) is 0 Å². The largest absolute Gasteiger partial charge is 0.376 e. The Balaban J connectivity index is 1.90. The average Bonchev–Trinajstić information content (AvgIpc) is 2.60. The van der Waals surface area contributed by atoms with Crippen molar-refractivity contribution >= 4 is 5.91 Å². The van der Waals surface area contributed by atoms with Gasteiger partial charge in [-0.3, -0.25) is 4.79 Å². The average molecular weight is 226 g/mol. The third kappa shape index (κ3) is 2.38. The van der Waals surface area contributed by atoms with E-state index in [-0.39, 0.29) is 23.6 Å². The highest BCUT2D eigenvalue weighted by Crippen LogP contribution is 2.25. The van der Waals surface area contributed by atoms with Crippen molar-refractivity contribution in [3.63, 3.8) is 0 Å². The van der Waals surface area contributed by atoms with E-state index in [1.807, 2.05) is 6.92 Å². The maximum absolute atomic E-state index is 12.1. The molecule has 4 heteroatoms. The second-order valence-electron chi connectivity index (χ2n) is 5.17. The van der Waals surface area contributed by atoms with Gasteiger partial charge < -0.3 is 15.4 Å². The van der Waals surface area contributed by atoms with Crippen LogP contribution >= 0.6 is 0 Å². The number of piperidine rings is 1. The summed E-state index contributed by atoms with van der Waals surface area (Å²) in [5.41, 5.74) is -0.184. The van der Waals surface area contributed by atoms with E-state index in [1.165, 1.54) is 6.42 Å². The summed E-state index contributed by atoms with van der Waals surface area (Å²) in [6.07, 6.45) is 4.30. The second-order valence-corrected chi connectivity index (χ2v) is 5.17. The predicted octanol–water partition coefficient (Wildman–Crippen LogP) is 0.812. The minimum absolute atomic E-state index is 0.00150. The molecular formula is C12H22N2O2. The van der Waals surface area contributed by atoms with Crippen molar-refractivity contribution in [3.8, 4) is 0 Å². The van der Waals surface area contributed by atoms with Crippen LogP contribution in [0.5, 0.6) is 0 Å². The smallest absolute Gasteiger partial charge is 0.237 e. The van der Waals surface area contributed by atoms with Gasteiger partial charge in [0.05, 0.1) is 17.7 Å². The number of rotatable bonds is 2. The van der Waals surface area contributed by atoms with Crippen LogP contribution in [0, 0.1) is 0 Å². The summed E-state index contributed by atoms with van der Waals surface area (Å²) >= 11 is 0. The number of ether oxygens (including phenoxy) is 1. The van der Waals surface area contributed by atoms with Crippen molar-refractivity contribution < 1.29 is 9.53 Å². The number of nitrogens with one attached hydrogen (secondary N) is 2. The van der Waals surface area contributed by atoms with Gasteiger partial charge >= 0.3 is 0 Å². The third-order valence-corrected chi connectivity index (χ3v) is 3.92. The molecule has 2 rings (SSSR count). The Labute approximate surface area is 97.1 Å². The molecule has 1 amide bonds. The van der Waals surface area contributed by atoms with Gasteiger partial charge in [0.25, 0.3) is 0 Å². The Kier molecular flexibility index (Phi) is 3.50. The first-order chi connectivity index (χ1) is 7.62. The van der Waals surface area contributed by atoms with Crippen LogP contribution in [0.15, 0.2) is 0 Å². The Hall–Kier alpha value is -0.610. The van der Waals surface area contributed by atoms with Crippen LogP contribution in [0.2, 0.25) is 0 Å². The van der Waals surface area contributed by atoms with Crippen LogP contribution in [-0.4, -0.2) is 36.7 Å². The molecule has 4 nitrogen and oxygen atoms in total. The minimum Gasteiger partial charge on any atom is -0.376 e. The van der Waals surface area contributed by atoms with Gasteiger partial charge in [-0.1, -0.05) is 6.42 Å². The lowest BCUT2D eigenvalue weighted by atomic mass is 9.93. The minimum atomic E-state index is -0.184. The van der Waals surface area contributed by atoms with Crippen molar-refractivity contribution in [2.45, 2.75) is 57.2 Å². The van der Waals surface area contributed by atoms with Crippen molar-refractivity contribution in [1.82, 2.24) is 10.6 Å². The van der Waals surface area contributed by atoms with Gasteiger partial charge in [0.1, 0.15) is 0 Å². The topological polar surface area (TPSA) is 50.4 Å². The first-order valence-electron chi connectivity index (χ1n) is 6.29. The monoisotopic (exact) mass is 226 g/mol. The second kappa shape index (κ2) is 4.72. The van der Waals surface area contributed by atoms with E-state index in [2.05, 4.69) is 17.6 Å². The van der Waals surface area contributed by atoms with Gasteiger partial charge in [-0.2, -0.15) is 0 Å². The molecule has 2 aliphatic heterocycles. The van der Waals surface area contributed by atoms with Gasteiger partial charge in [-0.15, -0.1) is 0 Å². The number of carbonyl (C=O) groups excluding carboxylic acids is 1. The Morgan fingerprint density at radius 3 is 2.88 bits per heavy atom. The predicted molar refractivity (Wildman–Crippen MR) is 62.2 cm³/mol. The fourth-order valence-corrected chi connectivity index (χ4v) is 2.44. The number of amides is 1. The molecule has 2 saturated heterocycles. The lowest BCUT2D eigenvalue weighted by Gasteiger charge is -2.32. The van der Waals surface area contributed by atoms with Crippen molar-refractivity contribution in [3.05, 3.63) is 0 Å². The molecule has 0 radical (unpaired) electrons. The Morgan fingerprint density at radius 1 is 1.50 bits per heavy atom. The molecule has 2 aliphatic rings. The fraction of sp³-hybridized carbons (Fsp3) is 0.917. The van der Waals surface area contributed by atoms with Gasteiger partial charge in [-0.05, 0) is 39.7 Å². The van der Waals surface area contributed by atoms with E-state index in [0.717, 1.165) is 32.4 Å². The highest BCUT2D eigenvalue weighted by molar-refractivity contribution is 5.82. The van der Waals surface area contributed by atoms with E-state index in [0.29, 0.717) is 0 Å². The molecule has 2 fully saturated rings. The molecule has 0 bridgehead atoms. The molecule has 0 aromatic rings. The molecule has 0 saturated carbocycles. The quantitative estimate of drug-likeness (QED) is 0.732. The van der Waals surface area contributed by atoms with Gasteiger partial charge in [0.2, 0.25) is 5.91 Å². The molecule has 92 valence electrons. The van der Waals surface area contributed by atoms with Crippen LogP contribution in [-0.2, 0) is 9.53 Å². The molecule has 2 N–H and O–H groups in total. The van der Waals surface area contributed by atoms with E-state index >= 15 is 0 Å². The summed E-state index contributed by atoms with van der Waals surface area (Å²) in [5, 5.41) is 6.42. The zero-order valence-corrected chi connectivity index (χ0v) is 10.2. The number of hydrogen-bond acceptors (Lipinski definition) is 3. The van der Waals surface area contributed by atoms with E-state index < -0.39 is 0 Å². The molecule has 0 aromatic heterocycles. The van der Waals surface area contributed by atoms with Gasteiger partial charge in [-0.25, -0.2) is 0 Å². The first-order valence-corrected chi connectivity index (χ1v) is 6.29. The molecule has 0 spiro atoms. The molecule has 0 aromatic carbocycles. The molecular weight excluding hydrogens is 204 g/mol. The third-order valence-electron chi connectivity index (χ3n) is 3.92. The van der Waals surface area contributed by atoms with Crippen molar-refractivity contribution in [2.75, 3.05) is 13.2 Å². The Morgan fingerprint density at radius 2 is 2.31 bits per heavy atom. The zero-order valence-electron chi connectivity index (χ0n) is 10.2. The lowest BCUT2D eigenvalue weighted by molar-refractivity contribution is -0.126. The highest BCUT2D eigenvalue weighted by Gasteiger charge is 2.39. The zero-order chi connectivity index (χ0) is 11.6. The standard InChI is InChI=1S/C12H22N2O2/c1-9-12(2,6-8-16-9)14-11(15)10-5-3-4-7-13-10/h9-10,13H,3-8H2,1-2H3,(H,14,15)/t9?,10-,12?/m1/s1. The molecule has 0 aliphatic carbocycles. The van der Waals surface area contributed by atoms with Crippen molar-refractivity contribution in [2.24, 2.45) is 0 Å². The van der Waals surface area contributed by atoms with Gasteiger partial charge in [0.15, 0.2) is 0 Å². The van der Waals surface area contributed by atoms with Crippen LogP contribution < -0.4 is 10.6 Å². The molecule has 2 unspecified atom stereocenters. The molecule has 3 atom stereocenters. The first kappa shape index (κ1) is 11.9. The molecule has 16 heavy (non-hydrogen) atoms. The summed E-state index contributed by atoms with van der Waals surface area (Å²) in [6, 6.07) is -0.00150. The van der Waals surface area contributed by atoms with Crippen LogP contribution in [0.25, 0.3) is 0 Å². The highest BCUT2D eigenvalue weighted by atomic mass is 16.5. The fourth-order valence-electron chi connectivity index (χ4n) is 2.44. The summed E-state index contributed by atoms with van der Waals surface area (Å²) in [7, 11) is 0. The van der Waals surface area contributed by atoms with Crippen LogP contribution in [0.1, 0.15) is 39.5 Å². The van der Waals surface area contributed by atoms with E-state index in [9.17, 15) is 4.79 Å². The summed E-state index contributed by atoms with van der Waals surface area (Å²) < 4.78 is 5.52. The number of hydrogen-bond donors (Lipinski definition) is 2. The lowest BCUT2D eigenvalue weighted by Crippen LogP contribution is -2.57. The SMILES string of the molecule is CC1OCCC1(C)NC(=O)[C@H]1CCCCN1. The maximum Gasteiger partial charge on any atom is 0.237 e. The maximum atomic E-state index is 12.1. The summed E-state index contributed by atoms with van der Waals surface area (Å²) in [4.78, 5) is 12.1.